The molecule has 2 N–H and O–H groups in total. The van der Waals surface area contributed by atoms with Gasteiger partial charge in [-0.3, -0.25) is 5.10 Å². The molecule has 7 nitrogen and oxygen atoms in total. The van der Waals surface area contributed by atoms with Gasteiger partial charge in [0.1, 0.15) is 12.2 Å². The lowest BCUT2D eigenvalue weighted by atomic mass is 9.58. The highest BCUT2D eigenvalue weighted by molar-refractivity contribution is 5.75. The number of hydrogen-bond donors (Lipinski definition) is 2. The van der Waals surface area contributed by atoms with Crippen LogP contribution in [-0.4, -0.2) is 58.0 Å². The zero-order chi connectivity index (χ0) is 17.9. The van der Waals surface area contributed by atoms with E-state index >= 15 is 0 Å². The van der Waals surface area contributed by atoms with Crippen LogP contribution in [0, 0.1) is 5.41 Å². The third-order valence-corrected chi connectivity index (χ3v) is 6.37. The highest BCUT2D eigenvalue weighted by atomic mass is 16.5. The minimum Gasteiger partial charge on any atom is -0.378 e. The maximum Gasteiger partial charge on any atom is 0.317 e. The Balaban J connectivity index is 1.53. The van der Waals surface area contributed by atoms with E-state index in [1.165, 1.54) is 0 Å². The van der Waals surface area contributed by atoms with Gasteiger partial charge in [0.05, 0.1) is 6.10 Å². The molecule has 25 heavy (non-hydrogen) atoms. The minimum absolute atomic E-state index is 0.0715. The number of hydrogen-bond acceptors (Lipinski definition) is 4. The molecule has 2 atom stereocenters. The average Bonchev–Trinajstić information content (AvgIpc) is 3.16. The summed E-state index contributed by atoms with van der Waals surface area (Å²) in [5.74, 6) is 1.32. The zero-order valence-electron chi connectivity index (χ0n) is 15.6. The van der Waals surface area contributed by atoms with Crippen LogP contribution < -0.4 is 5.32 Å². The smallest absolute Gasteiger partial charge is 0.317 e. The van der Waals surface area contributed by atoms with Crippen LogP contribution in [0.4, 0.5) is 4.79 Å². The van der Waals surface area contributed by atoms with Crippen molar-refractivity contribution in [2.24, 2.45) is 5.41 Å². The van der Waals surface area contributed by atoms with E-state index in [2.05, 4.69) is 34.3 Å². The van der Waals surface area contributed by atoms with E-state index in [9.17, 15) is 4.79 Å². The van der Waals surface area contributed by atoms with Gasteiger partial charge in [-0.05, 0) is 39.0 Å². The molecule has 2 aliphatic rings. The topological polar surface area (TPSA) is 83.1 Å². The number of ether oxygens (including phenoxy) is 1. The van der Waals surface area contributed by atoms with E-state index in [0.717, 1.165) is 57.6 Å². The monoisotopic (exact) mass is 349 g/mol. The maximum atomic E-state index is 12.7. The van der Waals surface area contributed by atoms with Gasteiger partial charge in [-0.2, -0.15) is 5.10 Å². The molecule has 140 valence electrons. The molecule has 1 saturated carbocycles. The number of aromatic nitrogens is 3. The number of aromatic amines is 1. The number of carbonyl (C=O) groups excluding carboxylic acids is 1. The zero-order valence-corrected chi connectivity index (χ0v) is 15.6. The Bertz CT molecular complexity index is 550. The number of piperidine rings is 1. The normalized spacial score (nSPS) is 26.3. The van der Waals surface area contributed by atoms with E-state index in [1.54, 1.807) is 6.33 Å². The summed E-state index contributed by atoms with van der Waals surface area (Å²) in [5.41, 5.74) is 0.0871. The summed E-state index contributed by atoms with van der Waals surface area (Å²) in [6.45, 7) is 8.73. The quantitative estimate of drug-likeness (QED) is 0.827. The van der Waals surface area contributed by atoms with Gasteiger partial charge in [0.2, 0.25) is 0 Å². The van der Waals surface area contributed by atoms with Crippen LogP contribution in [0.25, 0.3) is 0 Å². The van der Waals surface area contributed by atoms with Crippen molar-refractivity contribution < 1.29 is 9.53 Å². The van der Waals surface area contributed by atoms with Gasteiger partial charge < -0.3 is 15.0 Å². The van der Waals surface area contributed by atoms with Crippen molar-refractivity contribution in [2.45, 2.75) is 70.9 Å². The summed E-state index contributed by atoms with van der Waals surface area (Å²) in [7, 11) is 0. The molecule has 1 aliphatic carbocycles. The predicted molar refractivity (Wildman–Crippen MR) is 95.3 cm³/mol. The lowest BCUT2D eigenvalue weighted by Crippen LogP contribution is -2.65. The van der Waals surface area contributed by atoms with Gasteiger partial charge >= 0.3 is 6.03 Å². The number of nitrogens with zero attached hydrogens (tertiary/aromatic N) is 3. The Labute approximate surface area is 149 Å². The van der Waals surface area contributed by atoms with Crippen LogP contribution in [0.15, 0.2) is 6.33 Å². The van der Waals surface area contributed by atoms with Crippen LogP contribution in [0.3, 0.4) is 0 Å². The maximum absolute atomic E-state index is 12.7. The van der Waals surface area contributed by atoms with Crippen molar-refractivity contribution >= 4 is 6.03 Å². The van der Waals surface area contributed by atoms with E-state index in [0.29, 0.717) is 5.92 Å². The number of carbonyl (C=O) groups is 1. The Morgan fingerprint density at radius 2 is 2.08 bits per heavy atom. The molecule has 2 heterocycles. The molecule has 2 fully saturated rings. The van der Waals surface area contributed by atoms with Crippen LogP contribution in [-0.2, 0) is 4.74 Å². The first kappa shape index (κ1) is 18.2. The number of H-pyrrole nitrogens is 1. The summed E-state index contributed by atoms with van der Waals surface area (Å²) in [5, 5.41) is 10.2. The van der Waals surface area contributed by atoms with Gasteiger partial charge in [-0.25, -0.2) is 9.78 Å². The molecule has 1 saturated heterocycles. The second kappa shape index (κ2) is 7.72. The van der Waals surface area contributed by atoms with Gasteiger partial charge in [-0.15, -0.1) is 0 Å². The van der Waals surface area contributed by atoms with Crippen LogP contribution >= 0.6 is 0 Å². The van der Waals surface area contributed by atoms with E-state index in [-0.39, 0.29) is 23.6 Å². The molecular weight excluding hydrogens is 318 g/mol. The van der Waals surface area contributed by atoms with Gasteiger partial charge in [-0.1, -0.05) is 13.8 Å². The van der Waals surface area contributed by atoms with Crippen LogP contribution in [0.1, 0.15) is 64.6 Å². The highest BCUT2D eigenvalue weighted by Gasteiger charge is 2.54. The fourth-order valence-electron chi connectivity index (χ4n) is 4.59. The van der Waals surface area contributed by atoms with E-state index < -0.39 is 0 Å². The third-order valence-electron chi connectivity index (χ3n) is 6.37. The fourth-order valence-corrected chi connectivity index (χ4v) is 4.59. The summed E-state index contributed by atoms with van der Waals surface area (Å²) < 4.78 is 5.91. The molecule has 0 radical (unpaired) electrons. The average molecular weight is 349 g/mol. The second-order valence-electron chi connectivity index (χ2n) is 7.25. The van der Waals surface area contributed by atoms with E-state index in [4.69, 9.17) is 4.74 Å². The van der Waals surface area contributed by atoms with Crippen molar-refractivity contribution in [1.82, 2.24) is 25.4 Å². The number of urea groups is 1. The summed E-state index contributed by atoms with van der Waals surface area (Å²) in [6, 6.07) is 0.292. The second-order valence-corrected chi connectivity index (χ2v) is 7.25. The number of amides is 2. The van der Waals surface area contributed by atoms with Crippen molar-refractivity contribution in [3.05, 3.63) is 12.2 Å². The SMILES string of the molecule is CCO[C@@H]1C[C@@H](NC(=O)N2CCC(c3ncn[nH]3)CC2)C1(CC)CC. The molecule has 1 aromatic heterocycles. The molecule has 1 aliphatic heterocycles. The first-order valence-corrected chi connectivity index (χ1v) is 9.66. The first-order chi connectivity index (χ1) is 12.1. The number of nitrogens with one attached hydrogen (secondary N) is 2. The Kier molecular flexibility index (Phi) is 5.61. The Hall–Kier alpha value is -1.63. The van der Waals surface area contributed by atoms with Crippen molar-refractivity contribution in [3.63, 3.8) is 0 Å². The van der Waals surface area contributed by atoms with Gasteiger partial charge in [0, 0.05) is 37.1 Å². The molecule has 0 spiro atoms. The Morgan fingerprint density at radius 3 is 2.64 bits per heavy atom. The van der Waals surface area contributed by atoms with Crippen LogP contribution in [0.2, 0.25) is 0 Å². The molecule has 3 rings (SSSR count). The summed E-state index contributed by atoms with van der Waals surface area (Å²) >= 11 is 0. The minimum atomic E-state index is 0.0715. The Morgan fingerprint density at radius 1 is 1.36 bits per heavy atom. The highest BCUT2D eigenvalue weighted by Crippen LogP contribution is 2.49. The number of likely N-dealkylation sites (tertiary alicyclic amines) is 1. The largest absolute Gasteiger partial charge is 0.378 e. The standard InChI is InChI=1S/C18H31N5O2/c1-4-18(5-2)14(11-15(18)25-6-3)21-17(24)23-9-7-13(8-10-23)16-19-12-20-22-16/h12-15H,4-11H2,1-3H3,(H,21,24)(H,19,20,22)/t14-,15-/m1/s1. The molecule has 0 bridgehead atoms. The fraction of sp³-hybridized carbons (Fsp3) is 0.833. The summed E-state index contributed by atoms with van der Waals surface area (Å²) in [6.07, 6.45) is 6.68. The van der Waals surface area contributed by atoms with Gasteiger partial charge in [0.15, 0.2) is 0 Å². The lowest BCUT2D eigenvalue weighted by molar-refractivity contribution is -0.134. The van der Waals surface area contributed by atoms with Gasteiger partial charge in [0.25, 0.3) is 0 Å². The summed E-state index contributed by atoms with van der Waals surface area (Å²) in [4.78, 5) is 18.9. The van der Waals surface area contributed by atoms with Crippen LogP contribution in [0.5, 0.6) is 0 Å². The van der Waals surface area contributed by atoms with E-state index in [1.807, 2.05) is 11.8 Å². The van der Waals surface area contributed by atoms with Crippen molar-refractivity contribution in [1.29, 1.82) is 0 Å². The molecule has 7 heteroatoms. The van der Waals surface area contributed by atoms with Crippen molar-refractivity contribution in [3.8, 4) is 0 Å². The third kappa shape index (κ3) is 3.38. The molecule has 1 aromatic rings. The molecule has 2 amide bonds. The molecule has 0 aromatic carbocycles. The predicted octanol–water partition coefficient (Wildman–Crippen LogP) is 2.68. The lowest BCUT2D eigenvalue weighted by Gasteiger charge is -2.55. The molecule has 0 unspecified atom stereocenters. The first-order valence-electron chi connectivity index (χ1n) is 9.66. The molecular formula is C18H31N5O2. The number of rotatable bonds is 6. The van der Waals surface area contributed by atoms with Crippen molar-refractivity contribution in [2.75, 3.05) is 19.7 Å².